The Hall–Kier alpha value is -6.39. The topological polar surface area (TPSA) is 108 Å². The number of ether oxygens (including phenoxy) is 4. The normalized spacial score (nSPS) is 13.8. The molecule has 9 nitrogen and oxygen atoms in total. The standard InChI is InChI=1S/C96H153NO8/c1-6-8-10-12-14-16-18-20-22-24-26-28-30-32-34-36-38-40-42-44-46-47-49-51-53-55-57-59-61-63-65-67-69-71-73-75-77-79-81-83-85-87-94(99)105-92(91-104-96(95(100)101)102-89-88-97(3,4)5)90-103-93(98)86-84-82-80-78-76-74-72-70-68-66-64-62-60-58-56-54-52-50-48-45-43-41-39-37-35-33-31-29-27-25-23-21-19-17-15-13-11-9-7-2/h8-11,14-17,20-23,26-29,32-35,38-41,44-46,48-49,51-52,54-55,57,61,63,92,96H,6-7,12-13,18-19,24-25,30-31,36-37,42-43,47,50,53,56,58-60,62,64-91H2,1-5H3/p+1/b10-8-,11-9-,16-14-,17-15-,22-20-,23-21-,28-26-,29-27-,34-32-,35-33-,40-38-,41-39-,46-44-,48-45-,51-49-,54-52-,57-55-,63-61-. The highest BCUT2D eigenvalue weighted by atomic mass is 16.7. The van der Waals surface area contributed by atoms with Crippen molar-refractivity contribution in [2.75, 3.05) is 47.5 Å². The number of carboxylic acid groups (broad SMARTS) is 1. The molecule has 590 valence electrons. The summed E-state index contributed by atoms with van der Waals surface area (Å²) in [5.74, 6) is -2.02. The third-order valence-electron chi connectivity index (χ3n) is 17.2. The van der Waals surface area contributed by atoms with Crippen molar-refractivity contribution in [3.05, 3.63) is 219 Å². The van der Waals surface area contributed by atoms with E-state index in [1.165, 1.54) is 116 Å². The number of nitrogens with zero attached hydrogens (tertiary/aromatic N) is 1. The summed E-state index contributed by atoms with van der Waals surface area (Å²) in [4.78, 5) is 37.8. The summed E-state index contributed by atoms with van der Waals surface area (Å²) in [6, 6.07) is 0. The summed E-state index contributed by atoms with van der Waals surface area (Å²) in [5.41, 5.74) is 0. The van der Waals surface area contributed by atoms with Gasteiger partial charge in [0.05, 0.1) is 34.4 Å². The SMILES string of the molecule is CC/C=C\C/C=C\C/C=C\C/C=C\C/C=C\C/C=C\C/C=C\C/C=C\C/C=C\C/C=C\CCCCCCCCCCCCC(=O)OC(COC(=O)CCCCCCCCCCCCCCCC/C=C\C/C=C\C/C=C\C/C=C\C/C=C\C/C=C\C/C=C\C/C=C\CC)COC(OCC[N+](C)(C)C)C(=O)O. The van der Waals surface area contributed by atoms with Gasteiger partial charge in [0.1, 0.15) is 13.2 Å². The van der Waals surface area contributed by atoms with Crippen molar-refractivity contribution >= 4 is 17.9 Å². The number of hydrogen-bond donors (Lipinski definition) is 1. The predicted molar refractivity (Wildman–Crippen MR) is 455 cm³/mol. The molecular formula is C96H154NO8+. The highest BCUT2D eigenvalue weighted by molar-refractivity contribution is 5.71. The number of carbonyl (C=O) groups is 3. The molecule has 0 saturated heterocycles. The second-order valence-electron chi connectivity index (χ2n) is 28.3. The van der Waals surface area contributed by atoms with E-state index in [2.05, 4.69) is 233 Å². The molecule has 0 rings (SSSR count). The fourth-order valence-corrected chi connectivity index (χ4v) is 10.9. The summed E-state index contributed by atoms with van der Waals surface area (Å²) >= 11 is 0. The van der Waals surface area contributed by atoms with Crippen LogP contribution in [0.5, 0.6) is 0 Å². The van der Waals surface area contributed by atoms with Gasteiger partial charge < -0.3 is 28.5 Å². The van der Waals surface area contributed by atoms with Crippen molar-refractivity contribution in [1.82, 2.24) is 0 Å². The van der Waals surface area contributed by atoms with Gasteiger partial charge in [-0.25, -0.2) is 4.79 Å². The third-order valence-corrected chi connectivity index (χ3v) is 17.2. The van der Waals surface area contributed by atoms with E-state index in [-0.39, 0.29) is 38.6 Å². The van der Waals surface area contributed by atoms with Crippen molar-refractivity contribution in [2.45, 2.75) is 322 Å². The number of carboxylic acids is 1. The van der Waals surface area contributed by atoms with E-state index in [4.69, 9.17) is 18.9 Å². The van der Waals surface area contributed by atoms with Gasteiger partial charge in [-0.05, 0) is 154 Å². The molecule has 0 heterocycles. The van der Waals surface area contributed by atoms with Crippen LogP contribution in [0.1, 0.15) is 309 Å². The molecule has 2 unspecified atom stereocenters. The minimum atomic E-state index is -1.53. The van der Waals surface area contributed by atoms with E-state index in [0.717, 1.165) is 161 Å². The summed E-state index contributed by atoms with van der Waals surface area (Å²) in [5, 5.41) is 9.79. The highest BCUT2D eigenvalue weighted by Crippen LogP contribution is 2.17. The molecule has 0 aromatic carbocycles. The largest absolute Gasteiger partial charge is 0.477 e. The summed E-state index contributed by atoms with van der Waals surface area (Å²) in [6.45, 7) is 4.64. The average molecular weight is 1450 g/mol. The van der Waals surface area contributed by atoms with Crippen LogP contribution in [0.4, 0.5) is 0 Å². The Balaban J connectivity index is 4.11. The quantitative estimate of drug-likeness (QED) is 0.0211. The number of unbranched alkanes of at least 4 members (excludes halogenated alkanes) is 24. The molecule has 0 bridgehead atoms. The fraction of sp³-hybridized carbons (Fsp3) is 0.594. The number of esters is 2. The first-order valence-corrected chi connectivity index (χ1v) is 41.9. The van der Waals surface area contributed by atoms with Gasteiger partial charge in [0.15, 0.2) is 6.10 Å². The molecule has 2 atom stereocenters. The lowest BCUT2D eigenvalue weighted by Crippen LogP contribution is -2.40. The third kappa shape index (κ3) is 84.7. The lowest BCUT2D eigenvalue weighted by atomic mass is 10.0. The van der Waals surface area contributed by atoms with E-state index >= 15 is 0 Å². The van der Waals surface area contributed by atoms with E-state index in [9.17, 15) is 19.5 Å². The van der Waals surface area contributed by atoms with Crippen molar-refractivity contribution in [3.8, 4) is 0 Å². The number of likely N-dealkylation sites (N-methyl/N-ethyl adjacent to an activating group) is 1. The summed E-state index contributed by atoms with van der Waals surface area (Å²) in [6.07, 6.45) is 128. The minimum Gasteiger partial charge on any atom is -0.477 e. The first-order chi connectivity index (χ1) is 51.6. The minimum absolute atomic E-state index is 0.177. The predicted octanol–water partition coefficient (Wildman–Crippen LogP) is 27.6. The second-order valence-corrected chi connectivity index (χ2v) is 28.3. The molecule has 1 N–H and O–H groups in total. The number of quaternary nitrogens is 1. The lowest BCUT2D eigenvalue weighted by Gasteiger charge is -2.25. The van der Waals surface area contributed by atoms with Crippen LogP contribution in [0.3, 0.4) is 0 Å². The number of carbonyl (C=O) groups excluding carboxylic acids is 2. The molecule has 0 radical (unpaired) electrons. The van der Waals surface area contributed by atoms with Crippen LogP contribution in [-0.4, -0.2) is 87.4 Å². The lowest BCUT2D eigenvalue weighted by molar-refractivity contribution is -0.870. The van der Waals surface area contributed by atoms with Crippen LogP contribution < -0.4 is 0 Å². The molecule has 0 amide bonds. The van der Waals surface area contributed by atoms with E-state index in [1.54, 1.807) is 0 Å². The zero-order chi connectivity index (χ0) is 76.0. The van der Waals surface area contributed by atoms with Gasteiger partial charge in [0.2, 0.25) is 0 Å². The molecule has 0 fully saturated rings. The Morgan fingerprint density at radius 1 is 0.286 bits per heavy atom. The van der Waals surface area contributed by atoms with Crippen molar-refractivity contribution in [2.24, 2.45) is 0 Å². The molecule has 0 aliphatic rings. The zero-order valence-electron chi connectivity index (χ0n) is 67.5. The molecule has 9 heteroatoms. The van der Waals surface area contributed by atoms with Gasteiger partial charge in [-0.15, -0.1) is 0 Å². The fourth-order valence-electron chi connectivity index (χ4n) is 10.9. The van der Waals surface area contributed by atoms with Crippen LogP contribution in [-0.2, 0) is 33.3 Å². The summed E-state index contributed by atoms with van der Waals surface area (Å²) in [7, 11) is 5.97. The first-order valence-electron chi connectivity index (χ1n) is 41.9. The van der Waals surface area contributed by atoms with Crippen molar-refractivity contribution in [3.63, 3.8) is 0 Å². The van der Waals surface area contributed by atoms with Crippen LogP contribution in [0.15, 0.2) is 219 Å². The second kappa shape index (κ2) is 83.3. The molecule has 105 heavy (non-hydrogen) atoms. The maximum absolute atomic E-state index is 13.0. The van der Waals surface area contributed by atoms with Crippen LogP contribution >= 0.6 is 0 Å². The van der Waals surface area contributed by atoms with E-state index in [0.29, 0.717) is 17.4 Å². The van der Waals surface area contributed by atoms with Gasteiger partial charge >= 0.3 is 17.9 Å². The molecule has 0 saturated carbocycles. The maximum Gasteiger partial charge on any atom is 0.361 e. The highest BCUT2D eigenvalue weighted by Gasteiger charge is 2.25. The van der Waals surface area contributed by atoms with Crippen molar-refractivity contribution in [1.29, 1.82) is 0 Å². The Morgan fingerprint density at radius 2 is 0.514 bits per heavy atom. The van der Waals surface area contributed by atoms with Crippen LogP contribution in [0.2, 0.25) is 0 Å². The van der Waals surface area contributed by atoms with Gasteiger partial charge in [0, 0.05) is 12.8 Å². The van der Waals surface area contributed by atoms with Gasteiger partial charge in [-0.2, -0.15) is 0 Å². The average Bonchev–Trinajstić information content (AvgIpc) is 1.18. The van der Waals surface area contributed by atoms with E-state index < -0.39 is 24.3 Å². The number of hydrogen-bond acceptors (Lipinski definition) is 7. The van der Waals surface area contributed by atoms with Crippen molar-refractivity contribution < 1.29 is 42.9 Å². The molecule has 0 spiro atoms. The Bertz CT molecular complexity index is 2550. The van der Waals surface area contributed by atoms with Gasteiger partial charge in [-0.1, -0.05) is 361 Å². The smallest absolute Gasteiger partial charge is 0.361 e. The summed E-state index contributed by atoms with van der Waals surface area (Å²) < 4.78 is 23.0. The number of rotatable bonds is 75. The van der Waals surface area contributed by atoms with Crippen LogP contribution in [0, 0.1) is 0 Å². The molecule has 0 aromatic heterocycles. The molecular weight excluding hydrogens is 1300 g/mol. The van der Waals surface area contributed by atoms with Crippen LogP contribution in [0.25, 0.3) is 0 Å². The van der Waals surface area contributed by atoms with E-state index in [1.807, 2.05) is 21.1 Å². The monoisotopic (exact) mass is 1450 g/mol. The first kappa shape index (κ1) is 98.6. The molecule has 0 aliphatic carbocycles. The zero-order valence-corrected chi connectivity index (χ0v) is 67.5. The number of aliphatic carboxylic acids is 1. The number of allylic oxidation sites excluding steroid dienone is 36. The Kier molecular flexibility index (Phi) is 78.2. The molecule has 0 aliphatic heterocycles. The Labute approximate surface area is 645 Å². The maximum atomic E-state index is 13.0. The Morgan fingerprint density at radius 3 is 0.762 bits per heavy atom. The van der Waals surface area contributed by atoms with Gasteiger partial charge in [-0.3, -0.25) is 9.59 Å². The molecule has 0 aromatic rings. The van der Waals surface area contributed by atoms with Gasteiger partial charge in [0.25, 0.3) is 6.29 Å².